The molecule has 0 amide bonds. The van der Waals surface area contributed by atoms with E-state index < -0.39 is 24.5 Å². The van der Waals surface area contributed by atoms with Gasteiger partial charge in [-0.15, -0.1) is 0 Å². The standard InChI is InChI=1S/C39H61N9O3/c1-23(2)47(27-17-24(18-27)11-14-31-43-28-13-12-26(19-29(28)44-31)39(21-40)15-8-16-39)20-30-33(49)34(50)38(51-30)48-22-42-32-35(41)45-36(46-37(32)48)25-9-6-4-3-5-7-10-25/h6,9,12-13,19,23-25,27,30-38,42-46,49-50H,3-5,7-8,10-11,14-18,20,22,41H2,1-2H3. The van der Waals surface area contributed by atoms with Gasteiger partial charge in [-0.05, 0) is 102 Å². The zero-order valence-corrected chi connectivity index (χ0v) is 30.5. The van der Waals surface area contributed by atoms with Crippen LogP contribution in [0, 0.1) is 23.2 Å². The van der Waals surface area contributed by atoms with Crippen molar-refractivity contribution in [1.29, 1.82) is 5.26 Å². The summed E-state index contributed by atoms with van der Waals surface area (Å²) in [6.07, 6.45) is 15.0. The third-order valence-electron chi connectivity index (χ3n) is 13.5. The predicted molar refractivity (Wildman–Crippen MR) is 198 cm³/mol. The summed E-state index contributed by atoms with van der Waals surface area (Å²) in [6, 6.07) is 9.75. The van der Waals surface area contributed by atoms with Crippen molar-refractivity contribution in [2.24, 2.45) is 17.6 Å². The molecule has 3 saturated heterocycles. The molecule has 4 heterocycles. The quantitative estimate of drug-likeness (QED) is 0.168. The Labute approximate surface area is 303 Å². The predicted octanol–water partition coefficient (Wildman–Crippen LogP) is 3.01. The molecule has 3 aliphatic carbocycles. The lowest BCUT2D eigenvalue weighted by molar-refractivity contribution is -0.115. The molecule has 7 aliphatic rings. The minimum atomic E-state index is -1.00. The van der Waals surface area contributed by atoms with Crippen molar-refractivity contribution < 1.29 is 14.9 Å². The molecule has 280 valence electrons. The van der Waals surface area contributed by atoms with E-state index >= 15 is 0 Å². The Kier molecular flexibility index (Phi) is 10.4. The van der Waals surface area contributed by atoms with Crippen LogP contribution in [0.25, 0.3) is 0 Å². The Bertz CT molecular complexity index is 1440. The Morgan fingerprint density at radius 2 is 1.88 bits per heavy atom. The highest BCUT2D eigenvalue weighted by molar-refractivity contribution is 5.75. The Balaban J connectivity index is 0.832. The molecule has 0 radical (unpaired) electrons. The summed E-state index contributed by atoms with van der Waals surface area (Å²) in [5.74, 6) is 1.01. The number of rotatable bonds is 10. The summed E-state index contributed by atoms with van der Waals surface area (Å²) in [5, 5.41) is 50.8. The molecule has 2 saturated carbocycles. The smallest absolute Gasteiger partial charge is 0.142 e. The third kappa shape index (κ3) is 6.95. The van der Waals surface area contributed by atoms with Gasteiger partial charge in [-0.1, -0.05) is 31.1 Å². The van der Waals surface area contributed by atoms with Crippen LogP contribution in [0.1, 0.15) is 96.5 Å². The molecule has 5 fully saturated rings. The average Bonchev–Trinajstić information content (AvgIpc) is 3.75. The van der Waals surface area contributed by atoms with Crippen molar-refractivity contribution in [3.63, 3.8) is 0 Å². The topological polar surface area (TPSA) is 166 Å². The van der Waals surface area contributed by atoms with E-state index in [1.807, 2.05) is 0 Å². The van der Waals surface area contributed by atoms with E-state index in [4.69, 9.17) is 10.5 Å². The lowest BCUT2D eigenvalue weighted by Gasteiger charge is -2.46. The van der Waals surface area contributed by atoms with Crippen LogP contribution >= 0.6 is 0 Å². The van der Waals surface area contributed by atoms with Crippen LogP contribution in [0.2, 0.25) is 0 Å². The van der Waals surface area contributed by atoms with Crippen molar-refractivity contribution in [2.45, 2.75) is 164 Å². The van der Waals surface area contributed by atoms with E-state index in [9.17, 15) is 15.5 Å². The van der Waals surface area contributed by atoms with Crippen molar-refractivity contribution >= 4 is 11.4 Å². The number of nitrogens with one attached hydrogen (secondary N) is 5. The first-order valence-electron chi connectivity index (χ1n) is 20.0. The minimum absolute atomic E-state index is 0.0332. The van der Waals surface area contributed by atoms with Crippen LogP contribution in [-0.4, -0.2) is 101 Å². The van der Waals surface area contributed by atoms with Crippen LogP contribution in [0.4, 0.5) is 11.4 Å². The van der Waals surface area contributed by atoms with Gasteiger partial charge < -0.3 is 31.3 Å². The van der Waals surface area contributed by atoms with Crippen LogP contribution in [0.3, 0.4) is 0 Å². The monoisotopic (exact) mass is 703 g/mol. The molecule has 0 spiro atoms. The maximum Gasteiger partial charge on any atom is 0.142 e. The molecular weight excluding hydrogens is 642 g/mol. The minimum Gasteiger partial charge on any atom is -0.387 e. The van der Waals surface area contributed by atoms with Gasteiger partial charge in [0.1, 0.15) is 24.5 Å². The fourth-order valence-electron chi connectivity index (χ4n) is 10.0. The van der Waals surface area contributed by atoms with E-state index in [1.165, 1.54) is 19.3 Å². The number of nitrogens with two attached hydrogens (primary N) is 1. The molecule has 4 aliphatic heterocycles. The van der Waals surface area contributed by atoms with Crippen molar-refractivity contribution in [1.82, 2.24) is 25.8 Å². The summed E-state index contributed by atoms with van der Waals surface area (Å²) in [4.78, 5) is 4.62. The average molecular weight is 704 g/mol. The molecular formula is C39H61N9O3. The largest absolute Gasteiger partial charge is 0.387 e. The molecule has 0 aromatic heterocycles. The van der Waals surface area contributed by atoms with Gasteiger partial charge in [0.05, 0.1) is 60.2 Å². The van der Waals surface area contributed by atoms with E-state index in [2.05, 4.69) is 86.7 Å². The SMILES string of the molecule is CC(C)N(CC1OC(N2CNC3C(N)NC(C4C=CCCCCC4)NC32)C(O)C1O)C1CC(CCC2Nc3ccc(C4(C#N)CCC4)cc3N2)C1. The molecule has 8 rings (SSSR count). The molecule has 10 unspecified atom stereocenters. The number of fused-ring (bicyclic) bond motifs is 2. The van der Waals surface area contributed by atoms with Crippen molar-refractivity contribution in [3.05, 3.63) is 35.9 Å². The number of anilines is 2. The summed E-state index contributed by atoms with van der Waals surface area (Å²) in [7, 11) is 0. The second kappa shape index (κ2) is 14.8. The Morgan fingerprint density at radius 3 is 2.65 bits per heavy atom. The number of nitrogens with zero attached hydrogens (tertiary/aromatic N) is 3. The number of allylic oxidation sites excluding steroid dienone is 1. The second-order valence-corrected chi connectivity index (χ2v) is 17.0. The van der Waals surface area contributed by atoms with Crippen LogP contribution in [0.15, 0.2) is 30.4 Å². The fraction of sp³-hybridized carbons (Fsp3) is 0.769. The highest BCUT2D eigenvalue weighted by Gasteiger charge is 2.53. The Hall–Kier alpha value is -2.31. The van der Waals surface area contributed by atoms with Gasteiger partial charge in [0.2, 0.25) is 0 Å². The van der Waals surface area contributed by atoms with E-state index in [1.54, 1.807) is 0 Å². The highest BCUT2D eigenvalue weighted by Crippen LogP contribution is 2.46. The molecule has 12 heteroatoms. The first-order chi connectivity index (χ1) is 24.7. The maximum absolute atomic E-state index is 11.4. The number of hydrogen-bond donors (Lipinski definition) is 8. The van der Waals surface area contributed by atoms with Crippen LogP contribution in [-0.2, 0) is 10.2 Å². The molecule has 51 heavy (non-hydrogen) atoms. The number of aliphatic hydroxyl groups excluding tert-OH is 2. The van der Waals surface area contributed by atoms with Crippen molar-refractivity contribution in [2.75, 3.05) is 23.8 Å². The van der Waals surface area contributed by atoms with Gasteiger partial charge in [0, 0.05) is 24.5 Å². The van der Waals surface area contributed by atoms with E-state index in [0.717, 1.165) is 74.7 Å². The van der Waals surface area contributed by atoms with Gasteiger partial charge in [0.25, 0.3) is 0 Å². The number of nitriles is 1. The van der Waals surface area contributed by atoms with E-state index in [0.29, 0.717) is 37.1 Å². The fourth-order valence-corrected chi connectivity index (χ4v) is 10.0. The van der Waals surface area contributed by atoms with Gasteiger partial charge >= 0.3 is 0 Å². The number of ether oxygens (including phenoxy) is 1. The first kappa shape index (κ1) is 35.7. The number of aliphatic hydroxyl groups is 2. The molecule has 9 N–H and O–H groups in total. The third-order valence-corrected chi connectivity index (χ3v) is 13.5. The van der Waals surface area contributed by atoms with Crippen LogP contribution < -0.4 is 32.3 Å². The van der Waals surface area contributed by atoms with Crippen molar-refractivity contribution in [3.8, 4) is 6.07 Å². The van der Waals surface area contributed by atoms with E-state index in [-0.39, 0.29) is 36.1 Å². The summed E-state index contributed by atoms with van der Waals surface area (Å²) < 4.78 is 6.59. The number of benzene rings is 1. The summed E-state index contributed by atoms with van der Waals surface area (Å²) >= 11 is 0. The molecule has 10 atom stereocenters. The molecule has 12 nitrogen and oxygen atoms in total. The molecule has 1 aromatic rings. The van der Waals surface area contributed by atoms with Gasteiger partial charge in [0.15, 0.2) is 0 Å². The van der Waals surface area contributed by atoms with Crippen LogP contribution in [0.5, 0.6) is 0 Å². The normalized spacial score (nSPS) is 40.4. The van der Waals surface area contributed by atoms with Gasteiger partial charge in [-0.2, -0.15) is 5.26 Å². The second-order valence-electron chi connectivity index (χ2n) is 17.0. The number of hydrogen-bond acceptors (Lipinski definition) is 12. The maximum atomic E-state index is 11.4. The first-order valence-corrected chi connectivity index (χ1v) is 20.0. The highest BCUT2D eigenvalue weighted by atomic mass is 16.6. The summed E-state index contributed by atoms with van der Waals surface area (Å²) in [5.41, 5.74) is 9.78. The zero-order valence-electron chi connectivity index (χ0n) is 30.5. The molecule has 0 bridgehead atoms. The zero-order chi connectivity index (χ0) is 35.3. The Morgan fingerprint density at radius 1 is 1.06 bits per heavy atom. The van der Waals surface area contributed by atoms with Gasteiger partial charge in [-0.25, -0.2) is 4.90 Å². The lowest BCUT2D eigenvalue weighted by Crippen LogP contribution is -2.73. The van der Waals surface area contributed by atoms with Gasteiger partial charge in [-0.3, -0.25) is 20.9 Å². The molecule has 1 aromatic carbocycles. The lowest BCUT2D eigenvalue weighted by atomic mass is 9.65. The summed E-state index contributed by atoms with van der Waals surface area (Å²) in [6.45, 7) is 5.57.